The molecule has 0 fully saturated rings. The Morgan fingerprint density at radius 1 is 0.538 bits per heavy atom. The van der Waals surface area contributed by atoms with Gasteiger partial charge in [-0.25, -0.2) is 0 Å². The Morgan fingerprint density at radius 3 is 1.21 bits per heavy atom. The first kappa shape index (κ1) is 29.9. The summed E-state index contributed by atoms with van der Waals surface area (Å²) in [5.74, 6) is 0. The fourth-order valence-electron chi connectivity index (χ4n) is 6.73. The van der Waals surface area contributed by atoms with Crippen LogP contribution in [-0.2, 0) is 17.2 Å². The van der Waals surface area contributed by atoms with Gasteiger partial charge in [0.15, 0.2) is 0 Å². The number of rotatable bonds is 11. The van der Waals surface area contributed by atoms with Crippen LogP contribution in [0.25, 0.3) is 0 Å². The molecule has 4 aromatic rings. The van der Waals surface area contributed by atoms with Crippen molar-refractivity contribution in [1.29, 1.82) is 0 Å². The summed E-state index contributed by atoms with van der Waals surface area (Å²) >= 11 is 4.59. The van der Waals surface area contributed by atoms with Crippen molar-refractivity contribution >= 4 is 45.0 Å². The molecule has 0 bridgehead atoms. The molecule has 4 aromatic carbocycles. The molecule has 0 saturated heterocycles. The van der Waals surface area contributed by atoms with Gasteiger partial charge in [0.05, 0.1) is 0 Å². The van der Waals surface area contributed by atoms with Gasteiger partial charge in [-0.15, -0.1) is 0 Å². The van der Waals surface area contributed by atoms with Gasteiger partial charge in [-0.05, 0) is 0 Å². The van der Waals surface area contributed by atoms with Gasteiger partial charge in [0.1, 0.15) is 0 Å². The van der Waals surface area contributed by atoms with Crippen LogP contribution < -0.4 is 15.9 Å². The van der Waals surface area contributed by atoms with E-state index < -0.39 is 13.6 Å². The Hall–Kier alpha value is -2.03. The molecular weight excluding hydrogens is 575 g/mol. The Bertz CT molecular complexity index is 1200. The van der Waals surface area contributed by atoms with Gasteiger partial charge in [0, 0.05) is 0 Å². The van der Waals surface area contributed by atoms with Crippen LogP contribution in [-0.4, -0.2) is 8.32 Å². The van der Waals surface area contributed by atoms with E-state index in [0.717, 1.165) is 6.16 Å². The summed E-state index contributed by atoms with van der Waals surface area (Å²) in [4.78, 5) is 0. The van der Waals surface area contributed by atoms with Crippen LogP contribution in [0, 0.1) is 0 Å². The van der Waals surface area contributed by atoms with Crippen LogP contribution in [0.5, 0.6) is 0 Å². The number of benzene rings is 4. The molecule has 0 spiro atoms. The van der Waals surface area contributed by atoms with E-state index in [2.05, 4.69) is 172 Å². The second-order valence-electron chi connectivity index (χ2n) is 11.8. The summed E-state index contributed by atoms with van der Waals surface area (Å²) in [6.07, 6.45) is 0.896. The average Bonchev–Trinajstić information content (AvgIpc) is 2.95. The first-order chi connectivity index (χ1) is 18.6. The minimum absolute atomic E-state index is 0.582. The first-order valence-electron chi connectivity index (χ1n) is 14.2. The zero-order valence-electron chi connectivity index (χ0n) is 24.3. The second kappa shape index (κ2) is 12.2. The third-order valence-electron chi connectivity index (χ3n) is 8.58. The monoisotopic (exact) mass is 618 g/mol. The number of hydrogen-bond donors (Lipinski definition) is 0. The van der Waals surface area contributed by atoms with Crippen molar-refractivity contribution in [1.82, 2.24) is 0 Å². The predicted octanol–water partition coefficient (Wildman–Crippen LogP) is 9.72. The van der Waals surface area contributed by atoms with Gasteiger partial charge < -0.3 is 0 Å². The van der Waals surface area contributed by atoms with E-state index in [1.807, 2.05) is 0 Å². The summed E-state index contributed by atoms with van der Waals surface area (Å²) < 4.78 is 6.91. The first-order valence-corrected chi connectivity index (χ1v) is 20.8. The fourth-order valence-corrected chi connectivity index (χ4v) is 19.9. The van der Waals surface area contributed by atoms with Gasteiger partial charge in [0.2, 0.25) is 0 Å². The maximum atomic E-state index is 6.91. The number of halogens is 1. The molecule has 0 saturated carbocycles. The van der Waals surface area contributed by atoms with Crippen LogP contribution in [0.2, 0.25) is 16.6 Å². The van der Waals surface area contributed by atoms with Gasteiger partial charge >= 0.3 is 247 Å². The molecule has 0 atom stereocenters. The summed E-state index contributed by atoms with van der Waals surface area (Å²) in [5, 5.41) is 1.02. The summed E-state index contributed by atoms with van der Waals surface area (Å²) in [5.41, 5.74) is 4.33. The molecule has 0 aliphatic heterocycles. The van der Waals surface area contributed by atoms with E-state index in [0.29, 0.717) is 23.2 Å². The van der Waals surface area contributed by atoms with Crippen LogP contribution in [0.15, 0.2) is 115 Å². The van der Waals surface area contributed by atoms with Crippen LogP contribution in [0.4, 0.5) is 0 Å². The Morgan fingerprint density at radius 2 is 0.872 bits per heavy atom. The van der Waals surface area contributed by atoms with Crippen LogP contribution >= 0.6 is 20.8 Å². The topological polar surface area (TPSA) is 9.23 Å². The van der Waals surface area contributed by atoms with Crippen molar-refractivity contribution in [3.8, 4) is 0 Å². The van der Waals surface area contributed by atoms with E-state index in [1.54, 1.807) is 0 Å². The predicted molar refractivity (Wildman–Crippen MR) is 180 cm³/mol. The molecule has 1 nitrogen and oxygen atoms in total. The fraction of sp³-hybridized carbons (Fsp3) is 0.314. The Balaban J connectivity index is 1.75. The van der Waals surface area contributed by atoms with E-state index in [1.165, 1.54) is 27.0 Å². The van der Waals surface area contributed by atoms with E-state index in [9.17, 15) is 0 Å². The van der Waals surface area contributed by atoms with Gasteiger partial charge in [-0.2, -0.15) is 0 Å². The molecule has 39 heavy (non-hydrogen) atoms. The Kier molecular flexibility index (Phi) is 9.39. The van der Waals surface area contributed by atoms with Gasteiger partial charge in [-0.3, -0.25) is 0 Å². The summed E-state index contributed by atoms with van der Waals surface area (Å²) in [7, 11) is -1.91. The quantitative estimate of drug-likeness (QED) is 0.120. The molecule has 0 aromatic heterocycles. The zero-order valence-corrected chi connectivity index (χ0v) is 27.8. The van der Waals surface area contributed by atoms with Crippen molar-refractivity contribution in [2.24, 2.45) is 0 Å². The van der Waals surface area contributed by atoms with Crippen molar-refractivity contribution in [2.45, 2.75) is 70.9 Å². The van der Waals surface area contributed by atoms with Crippen molar-refractivity contribution in [3.63, 3.8) is 0 Å². The third-order valence-corrected chi connectivity index (χ3v) is 24.2. The van der Waals surface area contributed by atoms with Crippen LogP contribution in [0.1, 0.15) is 52.7 Å². The van der Waals surface area contributed by atoms with Crippen molar-refractivity contribution in [3.05, 3.63) is 126 Å². The third kappa shape index (κ3) is 5.62. The molecule has 0 amide bonds. The molecule has 0 N–H and O–H groups in total. The van der Waals surface area contributed by atoms with E-state index in [-0.39, 0.29) is 0 Å². The van der Waals surface area contributed by atoms with Crippen molar-refractivity contribution < 1.29 is 4.43 Å². The minimum atomic E-state index is -3.01. The molecule has 0 aliphatic carbocycles. The molecule has 4 heteroatoms. The molecule has 0 unspecified atom stereocenters. The average molecular weight is 620 g/mol. The molecule has 206 valence electrons. The van der Waals surface area contributed by atoms with Crippen molar-refractivity contribution in [2.75, 3.05) is 0 Å². The summed E-state index contributed by atoms with van der Waals surface area (Å²) in [6.45, 7) is 14.8. The van der Waals surface area contributed by atoms with E-state index >= 15 is 0 Å². The molecular formula is C35H44BrOPSi. The number of hydrogen-bond acceptors (Lipinski definition) is 1. The summed E-state index contributed by atoms with van der Waals surface area (Å²) in [6, 6.07) is 42.3. The van der Waals surface area contributed by atoms with E-state index in [4.69, 9.17) is 4.43 Å². The molecule has 0 aliphatic rings. The normalized spacial score (nSPS) is 13.5. The standard InChI is InChI=1S/C35H44BrOPSi/c1-28(2)39(29(3)4,30(5)6)37-26-31-22-24-32(25-23-31)27-38(36,33-16-10-7-11-17-33,34-18-12-8-13-19-34)35-20-14-9-15-21-35/h7-25,28-30H,26-27H2,1-6H3. The van der Waals surface area contributed by atoms with Crippen LogP contribution in [0.3, 0.4) is 0 Å². The Labute approximate surface area is 245 Å². The molecule has 4 rings (SSSR count). The SMILES string of the molecule is CC(C)[Si](OCc1ccc(CP(Br)(c2ccccc2)(c2ccccc2)c2ccccc2)cc1)(C(C)C)C(C)C. The molecule has 0 heterocycles. The van der Waals surface area contributed by atoms with Gasteiger partial charge in [0.25, 0.3) is 0 Å². The second-order valence-corrected chi connectivity index (χ2v) is 26.2. The van der Waals surface area contributed by atoms with Gasteiger partial charge in [-0.1, -0.05) is 0 Å². The zero-order chi connectivity index (χ0) is 28.1. The molecule has 0 radical (unpaired) electrons. The maximum absolute atomic E-state index is 6.91.